The summed E-state index contributed by atoms with van der Waals surface area (Å²) >= 11 is 0. The van der Waals surface area contributed by atoms with Crippen molar-refractivity contribution in [1.29, 1.82) is 0 Å². The molecule has 1 heterocycles. The summed E-state index contributed by atoms with van der Waals surface area (Å²) < 4.78 is 10.4. The van der Waals surface area contributed by atoms with Crippen molar-refractivity contribution in [1.82, 2.24) is 10.6 Å². The number of likely N-dealkylation sites (N-methyl/N-ethyl adjacent to an activating group) is 1. The van der Waals surface area contributed by atoms with Crippen LogP contribution in [-0.2, 0) is 9.59 Å². The van der Waals surface area contributed by atoms with Crippen LogP contribution in [-0.4, -0.2) is 38.7 Å². The Morgan fingerprint density at radius 1 is 1.16 bits per heavy atom. The van der Waals surface area contributed by atoms with E-state index in [1.807, 2.05) is 0 Å². The molecule has 1 aromatic carbocycles. The maximum Gasteiger partial charge on any atom is 0.238 e. The summed E-state index contributed by atoms with van der Waals surface area (Å²) in [5.41, 5.74) is 0.621. The van der Waals surface area contributed by atoms with Crippen LogP contribution in [0.15, 0.2) is 18.2 Å². The summed E-state index contributed by atoms with van der Waals surface area (Å²) in [4.78, 5) is 22.5. The molecule has 0 saturated carbocycles. The number of ether oxygens (including phenoxy) is 2. The van der Waals surface area contributed by atoms with E-state index in [0.29, 0.717) is 17.2 Å². The molecular weight excluding hydrogens is 250 g/mol. The van der Waals surface area contributed by atoms with E-state index in [0.717, 1.165) is 0 Å². The van der Waals surface area contributed by atoms with E-state index in [2.05, 4.69) is 16.0 Å². The van der Waals surface area contributed by atoms with Gasteiger partial charge in [0.2, 0.25) is 18.6 Å². The number of carbonyl (C=O) groups excluding carboxylic acids is 2. The molecule has 0 bridgehead atoms. The first-order valence-electron chi connectivity index (χ1n) is 5.80. The van der Waals surface area contributed by atoms with Crippen LogP contribution in [0.3, 0.4) is 0 Å². The SMILES string of the molecule is CNC(=O)CNCC(=O)Nc1ccc2c(c1)OCO2. The minimum absolute atomic E-state index is 0.0574. The van der Waals surface area contributed by atoms with E-state index in [1.54, 1.807) is 18.2 Å². The summed E-state index contributed by atoms with van der Waals surface area (Å²) in [6, 6.07) is 5.15. The van der Waals surface area contributed by atoms with Crippen LogP contribution >= 0.6 is 0 Å². The lowest BCUT2D eigenvalue weighted by Gasteiger charge is -2.07. The van der Waals surface area contributed by atoms with E-state index in [9.17, 15) is 9.59 Å². The zero-order valence-electron chi connectivity index (χ0n) is 10.5. The second-order valence-electron chi connectivity index (χ2n) is 3.89. The maximum absolute atomic E-state index is 11.6. The quantitative estimate of drug-likeness (QED) is 0.679. The Morgan fingerprint density at radius 2 is 1.89 bits per heavy atom. The highest BCUT2D eigenvalue weighted by Gasteiger charge is 2.14. The first kappa shape index (κ1) is 13.2. The second kappa shape index (κ2) is 6.05. The largest absolute Gasteiger partial charge is 0.454 e. The molecule has 0 atom stereocenters. The molecule has 0 saturated heterocycles. The molecule has 2 amide bonds. The molecule has 1 aliphatic rings. The number of rotatable bonds is 5. The molecule has 7 heteroatoms. The smallest absolute Gasteiger partial charge is 0.238 e. The van der Waals surface area contributed by atoms with E-state index in [-0.39, 0.29) is 31.7 Å². The van der Waals surface area contributed by atoms with Crippen molar-refractivity contribution >= 4 is 17.5 Å². The van der Waals surface area contributed by atoms with E-state index < -0.39 is 0 Å². The number of amides is 2. The summed E-state index contributed by atoms with van der Waals surface area (Å²) in [5, 5.41) is 7.88. The average Bonchev–Trinajstić information content (AvgIpc) is 2.85. The maximum atomic E-state index is 11.6. The topological polar surface area (TPSA) is 88.7 Å². The van der Waals surface area contributed by atoms with Gasteiger partial charge in [-0.3, -0.25) is 14.9 Å². The lowest BCUT2D eigenvalue weighted by molar-refractivity contribution is -0.119. The molecule has 7 nitrogen and oxygen atoms in total. The van der Waals surface area contributed by atoms with Crippen LogP contribution in [0.4, 0.5) is 5.69 Å². The predicted octanol–water partition coefficient (Wildman–Crippen LogP) is -0.311. The molecular formula is C12H15N3O4. The number of hydrogen-bond donors (Lipinski definition) is 3. The summed E-state index contributed by atoms with van der Waals surface area (Å²) in [6.45, 7) is 0.355. The third-order valence-corrected chi connectivity index (χ3v) is 2.51. The molecule has 1 aliphatic heterocycles. The van der Waals surface area contributed by atoms with Gasteiger partial charge in [0.05, 0.1) is 13.1 Å². The Labute approximate surface area is 110 Å². The van der Waals surface area contributed by atoms with Gasteiger partial charge in [0.1, 0.15) is 0 Å². The Hall–Kier alpha value is -2.28. The van der Waals surface area contributed by atoms with Gasteiger partial charge in [-0.25, -0.2) is 0 Å². The van der Waals surface area contributed by atoms with Gasteiger partial charge in [-0.05, 0) is 12.1 Å². The molecule has 3 N–H and O–H groups in total. The second-order valence-corrected chi connectivity index (χ2v) is 3.89. The molecule has 0 spiro atoms. The number of carbonyl (C=O) groups is 2. The van der Waals surface area contributed by atoms with Crippen molar-refractivity contribution in [2.75, 3.05) is 32.2 Å². The fourth-order valence-electron chi connectivity index (χ4n) is 1.56. The third-order valence-electron chi connectivity index (χ3n) is 2.51. The molecule has 2 rings (SSSR count). The van der Waals surface area contributed by atoms with Crippen molar-refractivity contribution in [3.05, 3.63) is 18.2 Å². The number of nitrogens with one attached hydrogen (secondary N) is 3. The van der Waals surface area contributed by atoms with Gasteiger partial charge in [0, 0.05) is 18.8 Å². The van der Waals surface area contributed by atoms with E-state index in [4.69, 9.17) is 9.47 Å². The van der Waals surface area contributed by atoms with Crippen LogP contribution in [0.1, 0.15) is 0 Å². The van der Waals surface area contributed by atoms with Gasteiger partial charge >= 0.3 is 0 Å². The fraction of sp³-hybridized carbons (Fsp3) is 0.333. The van der Waals surface area contributed by atoms with Gasteiger partial charge in [0.15, 0.2) is 11.5 Å². The standard InChI is InChI=1S/C12H15N3O4/c1-13-11(16)5-14-6-12(17)15-8-2-3-9-10(4-8)19-7-18-9/h2-4,14H,5-7H2,1H3,(H,13,16)(H,15,17). The number of hydrogen-bond acceptors (Lipinski definition) is 5. The van der Waals surface area contributed by atoms with Gasteiger partial charge in [-0.1, -0.05) is 0 Å². The van der Waals surface area contributed by atoms with Crippen LogP contribution in [0.5, 0.6) is 11.5 Å². The van der Waals surface area contributed by atoms with Crippen LogP contribution in [0.2, 0.25) is 0 Å². The van der Waals surface area contributed by atoms with Gasteiger partial charge in [-0.2, -0.15) is 0 Å². The molecule has 19 heavy (non-hydrogen) atoms. The minimum Gasteiger partial charge on any atom is -0.454 e. The highest BCUT2D eigenvalue weighted by molar-refractivity contribution is 5.93. The summed E-state index contributed by atoms with van der Waals surface area (Å²) in [7, 11) is 1.54. The summed E-state index contributed by atoms with van der Waals surface area (Å²) in [6.07, 6.45) is 0. The lowest BCUT2D eigenvalue weighted by atomic mass is 10.3. The first-order valence-corrected chi connectivity index (χ1v) is 5.80. The molecule has 102 valence electrons. The van der Waals surface area contributed by atoms with Crippen molar-refractivity contribution < 1.29 is 19.1 Å². The van der Waals surface area contributed by atoms with Crippen LogP contribution in [0.25, 0.3) is 0 Å². The van der Waals surface area contributed by atoms with Gasteiger partial charge in [-0.15, -0.1) is 0 Å². The predicted molar refractivity (Wildman–Crippen MR) is 68.1 cm³/mol. The zero-order chi connectivity index (χ0) is 13.7. The Kier molecular flexibility index (Phi) is 4.19. The zero-order valence-corrected chi connectivity index (χ0v) is 10.5. The number of fused-ring (bicyclic) bond motifs is 1. The average molecular weight is 265 g/mol. The summed E-state index contributed by atoms with van der Waals surface area (Å²) in [5.74, 6) is 0.866. The number of benzene rings is 1. The van der Waals surface area contributed by atoms with Crippen molar-refractivity contribution in [2.24, 2.45) is 0 Å². The van der Waals surface area contributed by atoms with Crippen molar-refractivity contribution in [3.8, 4) is 11.5 Å². The molecule has 0 radical (unpaired) electrons. The minimum atomic E-state index is -0.234. The highest BCUT2D eigenvalue weighted by Crippen LogP contribution is 2.34. The van der Waals surface area contributed by atoms with Crippen LogP contribution in [0, 0.1) is 0 Å². The van der Waals surface area contributed by atoms with Crippen molar-refractivity contribution in [2.45, 2.75) is 0 Å². The van der Waals surface area contributed by atoms with E-state index in [1.165, 1.54) is 7.05 Å². The Morgan fingerprint density at radius 3 is 2.68 bits per heavy atom. The monoisotopic (exact) mass is 265 g/mol. The van der Waals surface area contributed by atoms with Crippen LogP contribution < -0.4 is 25.4 Å². The molecule has 0 fully saturated rings. The Balaban J connectivity index is 1.80. The van der Waals surface area contributed by atoms with Gasteiger partial charge in [0.25, 0.3) is 0 Å². The normalized spacial score (nSPS) is 12.1. The third kappa shape index (κ3) is 3.59. The molecule has 0 aliphatic carbocycles. The van der Waals surface area contributed by atoms with Crippen molar-refractivity contribution in [3.63, 3.8) is 0 Å². The van der Waals surface area contributed by atoms with E-state index >= 15 is 0 Å². The fourth-order valence-corrected chi connectivity index (χ4v) is 1.56. The van der Waals surface area contributed by atoms with Gasteiger partial charge < -0.3 is 20.1 Å². The Bertz CT molecular complexity index is 490. The molecule has 0 aromatic heterocycles. The first-order chi connectivity index (χ1) is 9.19. The number of anilines is 1. The highest BCUT2D eigenvalue weighted by atomic mass is 16.7. The lowest BCUT2D eigenvalue weighted by Crippen LogP contribution is -2.36. The molecule has 0 unspecified atom stereocenters. The molecule has 1 aromatic rings.